The second-order valence-corrected chi connectivity index (χ2v) is 11.7. The molecule has 9 nitrogen and oxygen atoms in total. The zero-order valence-corrected chi connectivity index (χ0v) is 21.6. The van der Waals surface area contributed by atoms with Gasteiger partial charge >= 0.3 is 0 Å². The van der Waals surface area contributed by atoms with Crippen molar-refractivity contribution in [1.29, 1.82) is 0 Å². The van der Waals surface area contributed by atoms with Gasteiger partial charge in [-0.2, -0.15) is 0 Å². The Hall–Kier alpha value is -3.04. The number of amides is 1. The minimum atomic E-state index is -0.517. The van der Waals surface area contributed by atoms with Gasteiger partial charge in [-0.25, -0.2) is 4.68 Å². The molecule has 3 saturated heterocycles. The molecule has 0 spiro atoms. The van der Waals surface area contributed by atoms with Gasteiger partial charge in [0, 0.05) is 37.5 Å². The molecule has 6 heterocycles. The lowest BCUT2D eigenvalue weighted by molar-refractivity contribution is -0.143. The largest absolute Gasteiger partial charge is 0.484 e. The molecule has 9 heteroatoms. The molecular weight excluding hydrogens is 470 g/mol. The molecule has 3 unspecified atom stereocenters. The van der Waals surface area contributed by atoms with Gasteiger partial charge in [0.25, 0.3) is 5.91 Å². The predicted octanol–water partition coefficient (Wildman–Crippen LogP) is 3.55. The second-order valence-electron chi connectivity index (χ2n) is 11.7. The number of likely N-dealkylation sites (tertiary alicyclic amines) is 1. The van der Waals surface area contributed by atoms with Crippen LogP contribution in [0.1, 0.15) is 63.0 Å². The molecule has 5 aliphatic rings. The number of benzene rings is 1. The van der Waals surface area contributed by atoms with E-state index in [0.29, 0.717) is 12.5 Å². The van der Waals surface area contributed by atoms with Gasteiger partial charge in [-0.1, -0.05) is 12.1 Å². The third-order valence-corrected chi connectivity index (χ3v) is 8.70. The van der Waals surface area contributed by atoms with E-state index >= 15 is 0 Å². The summed E-state index contributed by atoms with van der Waals surface area (Å²) >= 11 is 0. The van der Waals surface area contributed by atoms with E-state index < -0.39 is 11.6 Å². The van der Waals surface area contributed by atoms with E-state index in [0.717, 1.165) is 73.3 Å². The molecule has 8 rings (SSSR count). The summed E-state index contributed by atoms with van der Waals surface area (Å²) in [6.07, 6.45) is 6.49. The lowest BCUT2D eigenvalue weighted by Crippen LogP contribution is -2.55. The summed E-state index contributed by atoms with van der Waals surface area (Å²) in [6, 6.07) is 6.03. The molecule has 3 atom stereocenters. The van der Waals surface area contributed by atoms with Crippen LogP contribution in [-0.2, 0) is 32.8 Å². The molecular formula is C28H33N5O4. The average Bonchev–Trinajstić information content (AvgIpc) is 3.65. The lowest BCUT2D eigenvalue weighted by atomic mass is 9.67. The van der Waals surface area contributed by atoms with Crippen LogP contribution < -0.4 is 4.74 Å². The highest BCUT2D eigenvalue weighted by atomic mass is 16.5. The Morgan fingerprint density at radius 1 is 1.30 bits per heavy atom. The Balaban J connectivity index is 1.12. The fourth-order valence-corrected chi connectivity index (χ4v) is 6.83. The number of aromatic nitrogens is 4. The molecule has 0 N–H and O–H groups in total. The molecule has 2 bridgehead atoms. The van der Waals surface area contributed by atoms with E-state index in [1.54, 1.807) is 0 Å². The Morgan fingerprint density at radius 2 is 2.16 bits per heavy atom. The normalized spacial score (nSPS) is 31.3. The van der Waals surface area contributed by atoms with E-state index in [4.69, 9.17) is 14.2 Å². The molecule has 37 heavy (non-hydrogen) atoms. The summed E-state index contributed by atoms with van der Waals surface area (Å²) in [5, 5.41) is 10.1. The topological polar surface area (TPSA) is 91.6 Å². The quantitative estimate of drug-likeness (QED) is 0.526. The first-order valence-corrected chi connectivity index (χ1v) is 13.4. The zero-order chi connectivity index (χ0) is 25.4. The molecule has 3 aromatic rings. The third kappa shape index (κ3) is 3.66. The molecule has 1 aromatic carbocycles. The van der Waals surface area contributed by atoms with Gasteiger partial charge in [0.1, 0.15) is 23.1 Å². The predicted molar refractivity (Wildman–Crippen MR) is 135 cm³/mol. The highest BCUT2D eigenvalue weighted by Gasteiger charge is 2.70. The lowest BCUT2D eigenvalue weighted by Gasteiger charge is -2.43. The Kier molecular flexibility index (Phi) is 5.14. The Bertz CT molecular complexity index is 1380. The number of carbonyl (C=O) groups is 1. The van der Waals surface area contributed by atoms with Gasteiger partial charge in [-0.15, -0.1) is 5.10 Å². The van der Waals surface area contributed by atoms with Crippen molar-refractivity contribution in [3.05, 3.63) is 47.4 Å². The Morgan fingerprint density at radius 3 is 2.97 bits per heavy atom. The number of ether oxygens (including phenoxy) is 3. The van der Waals surface area contributed by atoms with Crippen LogP contribution in [-0.4, -0.2) is 62.2 Å². The van der Waals surface area contributed by atoms with E-state index in [-0.39, 0.29) is 17.6 Å². The maximum atomic E-state index is 13.4. The van der Waals surface area contributed by atoms with Crippen LogP contribution in [0.4, 0.5) is 0 Å². The third-order valence-electron chi connectivity index (χ3n) is 8.70. The van der Waals surface area contributed by atoms with Gasteiger partial charge in [0.15, 0.2) is 6.10 Å². The minimum Gasteiger partial charge on any atom is -0.484 e. The number of nitrogens with zero attached hydrogens (tertiary/aromatic N) is 5. The van der Waals surface area contributed by atoms with E-state index in [1.165, 1.54) is 5.56 Å². The van der Waals surface area contributed by atoms with Crippen molar-refractivity contribution in [2.75, 3.05) is 19.7 Å². The van der Waals surface area contributed by atoms with E-state index in [2.05, 4.69) is 35.2 Å². The van der Waals surface area contributed by atoms with Crippen LogP contribution in [0.5, 0.6) is 5.75 Å². The van der Waals surface area contributed by atoms with E-state index in [9.17, 15) is 4.79 Å². The van der Waals surface area contributed by atoms with Gasteiger partial charge < -0.3 is 19.1 Å². The Labute approximate surface area is 216 Å². The van der Waals surface area contributed by atoms with Crippen LogP contribution in [0.15, 0.2) is 30.6 Å². The summed E-state index contributed by atoms with van der Waals surface area (Å²) < 4.78 is 20.1. The summed E-state index contributed by atoms with van der Waals surface area (Å²) in [5.41, 5.74) is 3.38. The van der Waals surface area contributed by atoms with Crippen molar-refractivity contribution in [1.82, 2.24) is 24.9 Å². The SMILES string of the molecule is CC1CCN(C(=O)C2OC3(C)CC2(n2cc(C(C)Oc4ccc5ncc6c(c5c4)CCOC6)nn2)C3)C1. The summed E-state index contributed by atoms with van der Waals surface area (Å²) in [4.78, 5) is 20.0. The first-order valence-electron chi connectivity index (χ1n) is 13.4. The molecule has 1 aliphatic carbocycles. The number of pyridine rings is 1. The molecule has 0 radical (unpaired) electrons. The molecule has 1 amide bonds. The highest BCUT2D eigenvalue weighted by molar-refractivity contribution is 5.85. The molecule has 2 aromatic heterocycles. The summed E-state index contributed by atoms with van der Waals surface area (Å²) in [7, 11) is 0. The first-order chi connectivity index (χ1) is 17.8. The van der Waals surface area contributed by atoms with Crippen molar-refractivity contribution in [3.63, 3.8) is 0 Å². The van der Waals surface area contributed by atoms with Crippen LogP contribution in [0.2, 0.25) is 0 Å². The van der Waals surface area contributed by atoms with Crippen molar-refractivity contribution in [3.8, 4) is 5.75 Å². The van der Waals surface area contributed by atoms with Crippen molar-refractivity contribution in [2.24, 2.45) is 5.92 Å². The number of carbonyl (C=O) groups excluding carboxylic acids is 1. The summed E-state index contributed by atoms with van der Waals surface area (Å²) in [6.45, 7) is 9.20. The smallest absolute Gasteiger partial charge is 0.254 e. The molecule has 4 aliphatic heterocycles. The van der Waals surface area contributed by atoms with Crippen LogP contribution in [0, 0.1) is 5.92 Å². The fourth-order valence-electron chi connectivity index (χ4n) is 6.83. The van der Waals surface area contributed by atoms with Crippen LogP contribution in [0.3, 0.4) is 0 Å². The first kappa shape index (κ1) is 23.1. The van der Waals surface area contributed by atoms with Crippen LogP contribution >= 0.6 is 0 Å². The van der Waals surface area contributed by atoms with Crippen LogP contribution in [0.25, 0.3) is 10.9 Å². The van der Waals surface area contributed by atoms with E-state index in [1.807, 2.05) is 41.0 Å². The fraction of sp³-hybridized carbons (Fsp3) is 0.571. The maximum absolute atomic E-state index is 13.4. The number of hydrogen-bond acceptors (Lipinski definition) is 7. The number of rotatable bonds is 5. The summed E-state index contributed by atoms with van der Waals surface area (Å²) in [5.74, 6) is 1.39. The average molecular weight is 504 g/mol. The number of fused-ring (bicyclic) bond motifs is 4. The molecule has 194 valence electrons. The number of hydrogen-bond donors (Lipinski definition) is 0. The highest BCUT2D eigenvalue weighted by Crippen LogP contribution is 2.60. The van der Waals surface area contributed by atoms with Gasteiger partial charge in [0.05, 0.1) is 30.5 Å². The van der Waals surface area contributed by atoms with Crippen molar-refractivity contribution >= 4 is 16.8 Å². The maximum Gasteiger partial charge on any atom is 0.254 e. The minimum absolute atomic E-state index is 0.0884. The van der Waals surface area contributed by atoms with Gasteiger partial charge in [0.2, 0.25) is 0 Å². The van der Waals surface area contributed by atoms with Crippen molar-refractivity contribution < 1.29 is 19.0 Å². The standard InChI is InChI=1S/C28H33N5O4/c1-17-6-8-32(12-17)26(34)25-28(15-27(3,16-28)37-25)33-13-24(30-31-33)18(2)36-20-4-5-23-22(10-20)21-7-9-35-14-19(21)11-29-23/h4-5,10-11,13,17-18,25H,6-9,12,14-16H2,1-3H3. The van der Waals surface area contributed by atoms with Gasteiger partial charge in [-0.3, -0.25) is 9.78 Å². The zero-order valence-electron chi connectivity index (χ0n) is 21.6. The monoisotopic (exact) mass is 503 g/mol. The van der Waals surface area contributed by atoms with Crippen molar-refractivity contribution in [2.45, 2.75) is 76.4 Å². The molecule has 1 saturated carbocycles. The second kappa shape index (κ2) is 8.23. The van der Waals surface area contributed by atoms with Gasteiger partial charge in [-0.05, 0) is 61.9 Å². The molecule has 4 fully saturated rings.